The lowest BCUT2D eigenvalue weighted by atomic mass is 9.93. The lowest BCUT2D eigenvalue weighted by Crippen LogP contribution is -2.56. The van der Waals surface area contributed by atoms with Crippen LogP contribution in [0.1, 0.15) is 19.3 Å². The Balaban J connectivity index is 2.33. The largest absolute Gasteiger partial charge is 0.394 e. The molecule has 0 radical (unpaired) electrons. The van der Waals surface area contributed by atoms with Crippen LogP contribution >= 0.6 is 0 Å². The molecule has 1 fully saturated rings. The fourth-order valence-electron chi connectivity index (χ4n) is 2.52. The van der Waals surface area contributed by atoms with Gasteiger partial charge in [-0.1, -0.05) is 0 Å². The molecule has 4 nitrogen and oxygen atoms in total. The Kier molecular flexibility index (Phi) is 5.86. The maximum atomic E-state index is 9.65. The van der Waals surface area contributed by atoms with Gasteiger partial charge in [0, 0.05) is 6.54 Å². The molecular formula is C13H29N3O. The normalized spacial score (nSPS) is 19.9. The molecule has 0 bridgehead atoms. The predicted molar refractivity (Wildman–Crippen MR) is 72.3 cm³/mol. The summed E-state index contributed by atoms with van der Waals surface area (Å²) < 4.78 is 0. The summed E-state index contributed by atoms with van der Waals surface area (Å²) in [6, 6.07) is 0. The second kappa shape index (κ2) is 6.69. The van der Waals surface area contributed by atoms with Crippen molar-refractivity contribution < 1.29 is 5.11 Å². The molecule has 0 heterocycles. The molecule has 102 valence electrons. The molecule has 0 aromatic heterocycles. The quantitative estimate of drug-likeness (QED) is 0.608. The average molecular weight is 243 g/mol. The van der Waals surface area contributed by atoms with Gasteiger partial charge in [-0.15, -0.1) is 0 Å². The summed E-state index contributed by atoms with van der Waals surface area (Å²) in [5.41, 5.74) is -0.0765. The highest BCUT2D eigenvalue weighted by molar-refractivity contribution is 5.01. The lowest BCUT2D eigenvalue weighted by Gasteiger charge is -2.36. The summed E-state index contributed by atoms with van der Waals surface area (Å²) in [5.74, 6) is 0.661. The predicted octanol–water partition coefficient (Wildman–Crippen LogP) is 0.230. The van der Waals surface area contributed by atoms with Gasteiger partial charge in [0.05, 0.1) is 12.1 Å². The molecule has 17 heavy (non-hydrogen) atoms. The molecule has 1 atom stereocenters. The van der Waals surface area contributed by atoms with E-state index in [4.69, 9.17) is 0 Å². The minimum atomic E-state index is -0.0765. The van der Waals surface area contributed by atoms with E-state index in [0.29, 0.717) is 5.92 Å². The summed E-state index contributed by atoms with van der Waals surface area (Å²) in [5, 5.41) is 13.0. The number of nitrogens with one attached hydrogen (secondary N) is 1. The van der Waals surface area contributed by atoms with E-state index < -0.39 is 0 Å². The number of nitrogens with zero attached hydrogens (tertiary/aromatic N) is 2. The smallest absolute Gasteiger partial charge is 0.0628 e. The Morgan fingerprint density at radius 3 is 2.29 bits per heavy atom. The Morgan fingerprint density at radius 1 is 1.24 bits per heavy atom. The van der Waals surface area contributed by atoms with Gasteiger partial charge in [-0.3, -0.25) is 0 Å². The minimum absolute atomic E-state index is 0.0765. The highest BCUT2D eigenvalue weighted by atomic mass is 16.3. The second-order valence-corrected chi connectivity index (χ2v) is 5.73. The van der Waals surface area contributed by atoms with Crippen LogP contribution in [0.3, 0.4) is 0 Å². The first-order valence-corrected chi connectivity index (χ1v) is 6.67. The molecule has 1 saturated carbocycles. The van der Waals surface area contributed by atoms with Gasteiger partial charge in [-0.2, -0.15) is 0 Å². The van der Waals surface area contributed by atoms with Crippen molar-refractivity contribution in [3.63, 3.8) is 0 Å². The Hall–Kier alpha value is -0.160. The van der Waals surface area contributed by atoms with Crippen molar-refractivity contribution in [1.82, 2.24) is 15.1 Å². The van der Waals surface area contributed by atoms with Crippen LogP contribution in [0.25, 0.3) is 0 Å². The van der Waals surface area contributed by atoms with Crippen LogP contribution in [-0.4, -0.2) is 74.9 Å². The van der Waals surface area contributed by atoms with E-state index in [1.54, 1.807) is 0 Å². The highest BCUT2D eigenvalue weighted by Gasteiger charge is 2.44. The van der Waals surface area contributed by atoms with E-state index >= 15 is 0 Å². The van der Waals surface area contributed by atoms with Crippen molar-refractivity contribution in [3.05, 3.63) is 0 Å². The molecule has 1 aliphatic rings. The van der Waals surface area contributed by atoms with Gasteiger partial charge in [-0.05, 0) is 66.5 Å². The summed E-state index contributed by atoms with van der Waals surface area (Å²) in [6.45, 7) is 3.40. The molecule has 0 aromatic rings. The summed E-state index contributed by atoms with van der Waals surface area (Å²) in [7, 11) is 8.34. The zero-order valence-corrected chi connectivity index (χ0v) is 11.9. The summed E-state index contributed by atoms with van der Waals surface area (Å²) in [4.78, 5) is 4.56. The van der Waals surface area contributed by atoms with E-state index in [2.05, 4.69) is 36.3 Å². The van der Waals surface area contributed by atoms with E-state index in [-0.39, 0.29) is 12.1 Å². The molecule has 0 spiro atoms. The third-order valence-corrected chi connectivity index (χ3v) is 3.84. The molecule has 0 aromatic carbocycles. The zero-order chi connectivity index (χ0) is 12.9. The Morgan fingerprint density at radius 2 is 1.88 bits per heavy atom. The van der Waals surface area contributed by atoms with Gasteiger partial charge in [-0.25, -0.2) is 0 Å². The second-order valence-electron chi connectivity index (χ2n) is 5.73. The number of aliphatic hydroxyl groups is 1. The molecule has 0 amide bonds. The van der Waals surface area contributed by atoms with Crippen LogP contribution in [0.5, 0.6) is 0 Å². The molecule has 4 heteroatoms. The number of rotatable bonds is 9. The van der Waals surface area contributed by atoms with Crippen LogP contribution in [-0.2, 0) is 0 Å². The topological polar surface area (TPSA) is 38.7 Å². The highest BCUT2D eigenvalue weighted by Crippen LogP contribution is 2.39. The van der Waals surface area contributed by atoms with Gasteiger partial charge in [0.1, 0.15) is 0 Å². The fraction of sp³-hybridized carbons (Fsp3) is 1.00. The van der Waals surface area contributed by atoms with Gasteiger partial charge in [0.2, 0.25) is 0 Å². The first-order chi connectivity index (χ1) is 8.04. The molecule has 1 rings (SSSR count). The van der Waals surface area contributed by atoms with Crippen molar-refractivity contribution in [1.29, 1.82) is 0 Å². The number of hydrogen-bond acceptors (Lipinski definition) is 4. The van der Waals surface area contributed by atoms with E-state index in [1.165, 1.54) is 19.3 Å². The third-order valence-electron chi connectivity index (χ3n) is 3.84. The Labute approximate surface area is 106 Å². The van der Waals surface area contributed by atoms with E-state index in [9.17, 15) is 5.11 Å². The number of hydrogen-bond donors (Lipinski definition) is 2. The molecule has 1 unspecified atom stereocenters. The van der Waals surface area contributed by atoms with Crippen LogP contribution in [0.2, 0.25) is 0 Å². The first-order valence-electron chi connectivity index (χ1n) is 6.67. The van der Waals surface area contributed by atoms with Crippen molar-refractivity contribution in [3.8, 4) is 0 Å². The number of likely N-dealkylation sites (N-methyl/N-ethyl adjacent to an activating group) is 2. The maximum Gasteiger partial charge on any atom is 0.0628 e. The van der Waals surface area contributed by atoms with E-state index in [0.717, 1.165) is 19.6 Å². The first kappa shape index (κ1) is 14.9. The fourth-order valence-corrected chi connectivity index (χ4v) is 2.52. The minimum Gasteiger partial charge on any atom is -0.394 e. The standard InChI is InChI=1S/C13H29N3O/c1-14-13(11-17,12-6-7-12)10-16(4)9-5-8-15(2)3/h12,14,17H,5-11H2,1-4H3. The van der Waals surface area contributed by atoms with E-state index in [1.807, 2.05) is 7.05 Å². The third kappa shape index (κ3) is 4.54. The molecular weight excluding hydrogens is 214 g/mol. The van der Waals surface area contributed by atoms with Gasteiger partial charge < -0.3 is 20.2 Å². The maximum absolute atomic E-state index is 9.65. The van der Waals surface area contributed by atoms with Crippen LogP contribution in [0.4, 0.5) is 0 Å². The monoisotopic (exact) mass is 243 g/mol. The van der Waals surface area contributed by atoms with Crippen molar-refractivity contribution in [2.75, 3.05) is 54.4 Å². The SMILES string of the molecule is CNC(CO)(CN(C)CCCN(C)C)C1CC1. The molecule has 0 aliphatic heterocycles. The molecule has 0 saturated heterocycles. The van der Waals surface area contributed by atoms with Gasteiger partial charge in [0.15, 0.2) is 0 Å². The summed E-state index contributed by atoms with van der Waals surface area (Å²) >= 11 is 0. The van der Waals surface area contributed by atoms with Crippen LogP contribution in [0.15, 0.2) is 0 Å². The Bertz CT molecular complexity index is 213. The molecule has 2 N–H and O–H groups in total. The van der Waals surface area contributed by atoms with Crippen molar-refractivity contribution in [2.24, 2.45) is 5.92 Å². The average Bonchev–Trinajstić information content (AvgIpc) is 3.09. The zero-order valence-electron chi connectivity index (χ0n) is 11.9. The van der Waals surface area contributed by atoms with Crippen LogP contribution < -0.4 is 5.32 Å². The summed E-state index contributed by atoms with van der Waals surface area (Å²) in [6.07, 6.45) is 3.69. The van der Waals surface area contributed by atoms with Gasteiger partial charge in [0.25, 0.3) is 0 Å². The van der Waals surface area contributed by atoms with Gasteiger partial charge >= 0.3 is 0 Å². The lowest BCUT2D eigenvalue weighted by molar-refractivity contribution is 0.106. The molecule has 1 aliphatic carbocycles. The van der Waals surface area contributed by atoms with Crippen molar-refractivity contribution >= 4 is 0 Å². The number of aliphatic hydroxyl groups excluding tert-OH is 1. The van der Waals surface area contributed by atoms with Crippen LogP contribution in [0, 0.1) is 5.92 Å². The van der Waals surface area contributed by atoms with Crippen molar-refractivity contribution in [2.45, 2.75) is 24.8 Å².